The minimum Gasteiger partial charge on any atom is -0.484 e. The second-order valence-corrected chi connectivity index (χ2v) is 15.1. The highest BCUT2D eigenvalue weighted by molar-refractivity contribution is 5.89. The number of piperidine rings is 1. The molecule has 0 radical (unpaired) electrons. The molecule has 1 aliphatic carbocycles. The number of pyridine rings is 1. The molecule has 8 rings (SSSR count). The number of urea groups is 1. The van der Waals surface area contributed by atoms with Gasteiger partial charge in [0.15, 0.2) is 5.65 Å². The van der Waals surface area contributed by atoms with E-state index >= 15 is 0 Å². The first-order valence-corrected chi connectivity index (χ1v) is 18.6. The number of rotatable bonds is 9. The van der Waals surface area contributed by atoms with Crippen LogP contribution in [0.15, 0.2) is 61.1 Å². The lowest BCUT2D eigenvalue weighted by molar-refractivity contribution is 0.0359. The number of carbonyl (C=O) groups excluding carboxylic acids is 1. The lowest BCUT2D eigenvalue weighted by Crippen LogP contribution is -2.38. The normalized spacial score (nSPS) is 19.8. The fraction of sp³-hybridized carbons (Fsp3) is 0.500. The minimum atomic E-state index is -0.288. The number of nitrogens with one attached hydrogen (secondary N) is 2. The van der Waals surface area contributed by atoms with Crippen molar-refractivity contribution in [2.45, 2.75) is 77.0 Å². The number of benzene rings is 1. The van der Waals surface area contributed by atoms with E-state index in [9.17, 15) is 4.79 Å². The molecule has 5 aromatic rings. The molecule has 1 aromatic carbocycles. The van der Waals surface area contributed by atoms with Gasteiger partial charge in [-0.25, -0.2) is 9.48 Å². The second kappa shape index (κ2) is 14.6. The lowest BCUT2D eigenvalue weighted by Gasteiger charge is -2.32. The van der Waals surface area contributed by atoms with Crippen LogP contribution < -0.4 is 20.3 Å². The Kier molecular flexibility index (Phi) is 9.58. The number of aromatic nitrogens is 7. The maximum absolute atomic E-state index is 13.7. The SMILES string of the molecule is CC(C)(C)c1cc(NC(=O)N[C@H]2CC[C@@H](Oc3ccc4nnc(N5CCCCC5)n4c3)c3ccccc32)n(-c2cnn(CCN3CCOCC3)c2)n1. The van der Waals surface area contributed by atoms with E-state index in [-0.39, 0.29) is 23.6 Å². The molecule has 274 valence electrons. The Balaban J connectivity index is 0.961. The van der Waals surface area contributed by atoms with E-state index in [0.29, 0.717) is 5.82 Å². The Morgan fingerprint density at radius 2 is 1.75 bits per heavy atom. The summed E-state index contributed by atoms with van der Waals surface area (Å²) in [6.07, 6.45) is 10.7. The summed E-state index contributed by atoms with van der Waals surface area (Å²) in [7, 11) is 0. The predicted octanol–water partition coefficient (Wildman–Crippen LogP) is 5.51. The first-order valence-electron chi connectivity index (χ1n) is 18.6. The highest BCUT2D eigenvalue weighted by Gasteiger charge is 2.30. The number of ether oxygens (including phenoxy) is 2. The van der Waals surface area contributed by atoms with E-state index in [1.54, 1.807) is 10.9 Å². The van der Waals surface area contributed by atoms with Gasteiger partial charge in [0.25, 0.3) is 0 Å². The maximum atomic E-state index is 13.7. The van der Waals surface area contributed by atoms with Crippen molar-refractivity contribution in [3.63, 3.8) is 0 Å². The molecular formula is C38H49N11O3. The fourth-order valence-electron chi connectivity index (χ4n) is 7.42. The summed E-state index contributed by atoms with van der Waals surface area (Å²) in [5.41, 5.74) is 4.39. The van der Waals surface area contributed by atoms with Crippen molar-refractivity contribution in [1.29, 1.82) is 0 Å². The molecule has 14 nitrogen and oxygen atoms in total. The molecule has 2 fully saturated rings. The molecule has 4 aromatic heterocycles. The van der Waals surface area contributed by atoms with Crippen LogP contribution in [-0.2, 0) is 16.7 Å². The number of hydrogen-bond acceptors (Lipinski definition) is 9. The number of anilines is 2. The zero-order valence-corrected chi connectivity index (χ0v) is 30.4. The molecule has 2 atom stereocenters. The van der Waals surface area contributed by atoms with E-state index < -0.39 is 0 Å². The summed E-state index contributed by atoms with van der Waals surface area (Å²) in [4.78, 5) is 18.4. The molecule has 3 aliphatic rings. The van der Waals surface area contributed by atoms with E-state index in [0.717, 1.165) is 105 Å². The van der Waals surface area contributed by atoms with Gasteiger partial charge >= 0.3 is 6.03 Å². The van der Waals surface area contributed by atoms with E-state index in [2.05, 4.69) is 68.6 Å². The Morgan fingerprint density at radius 1 is 0.942 bits per heavy atom. The van der Waals surface area contributed by atoms with Crippen molar-refractivity contribution >= 4 is 23.4 Å². The number of morpholine rings is 1. The first kappa shape index (κ1) is 34.2. The van der Waals surface area contributed by atoms with Crippen LogP contribution >= 0.6 is 0 Å². The zero-order chi connectivity index (χ0) is 35.7. The molecular weight excluding hydrogens is 658 g/mol. The third-order valence-corrected chi connectivity index (χ3v) is 10.3. The van der Waals surface area contributed by atoms with Crippen LogP contribution in [-0.4, -0.2) is 91.0 Å². The van der Waals surface area contributed by atoms with Crippen molar-refractivity contribution in [1.82, 2.24) is 44.4 Å². The number of nitrogens with zero attached hydrogens (tertiary/aromatic N) is 9. The Labute approximate surface area is 304 Å². The van der Waals surface area contributed by atoms with Gasteiger partial charge in [0.1, 0.15) is 23.4 Å². The van der Waals surface area contributed by atoms with Gasteiger partial charge in [0.05, 0.1) is 50.1 Å². The number of carbonyl (C=O) groups is 1. The molecule has 2 N–H and O–H groups in total. The van der Waals surface area contributed by atoms with Crippen LogP contribution in [0.2, 0.25) is 0 Å². The van der Waals surface area contributed by atoms with Gasteiger partial charge in [-0.15, -0.1) is 10.2 Å². The Hall–Kier alpha value is -4.95. The van der Waals surface area contributed by atoms with E-state index in [4.69, 9.17) is 14.6 Å². The molecule has 6 heterocycles. The molecule has 52 heavy (non-hydrogen) atoms. The van der Waals surface area contributed by atoms with Crippen LogP contribution in [0.3, 0.4) is 0 Å². The summed E-state index contributed by atoms with van der Waals surface area (Å²) in [6.45, 7) is 13.4. The van der Waals surface area contributed by atoms with Gasteiger partial charge in [0, 0.05) is 44.2 Å². The van der Waals surface area contributed by atoms with Gasteiger partial charge in [-0.3, -0.25) is 19.3 Å². The predicted molar refractivity (Wildman–Crippen MR) is 198 cm³/mol. The number of amides is 2. The summed E-state index contributed by atoms with van der Waals surface area (Å²) in [5, 5.41) is 24.8. The largest absolute Gasteiger partial charge is 0.484 e. The average Bonchev–Trinajstić information content (AvgIpc) is 3.91. The van der Waals surface area contributed by atoms with Crippen LogP contribution in [0.5, 0.6) is 5.75 Å². The maximum Gasteiger partial charge on any atom is 0.320 e. The highest BCUT2D eigenvalue weighted by atomic mass is 16.5. The molecule has 2 saturated heterocycles. The molecule has 2 amide bonds. The third-order valence-electron chi connectivity index (χ3n) is 10.3. The monoisotopic (exact) mass is 707 g/mol. The van der Waals surface area contributed by atoms with Crippen molar-refractivity contribution in [3.8, 4) is 11.4 Å². The molecule has 0 saturated carbocycles. The van der Waals surface area contributed by atoms with Crippen LogP contribution in [0, 0.1) is 0 Å². The van der Waals surface area contributed by atoms with Crippen molar-refractivity contribution in [3.05, 3.63) is 77.9 Å². The number of fused-ring (bicyclic) bond motifs is 2. The molecule has 0 spiro atoms. The quantitative estimate of drug-likeness (QED) is 0.204. The van der Waals surface area contributed by atoms with Crippen molar-refractivity contribution in [2.75, 3.05) is 56.2 Å². The van der Waals surface area contributed by atoms with Gasteiger partial charge in [0.2, 0.25) is 5.95 Å². The topological polar surface area (TPSA) is 132 Å². The fourth-order valence-corrected chi connectivity index (χ4v) is 7.42. The van der Waals surface area contributed by atoms with E-state index in [1.165, 1.54) is 19.3 Å². The van der Waals surface area contributed by atoms with E-state index in [1.807, 2.05) is 51.8 Å². The van der Waals surface area contributed by atoms with Crippen molar-refractivity contribution < 1.29 is 14.3 Å². The lowest BCUT2D eigenvalue weighted by atomic mass is 9.85. The minimum absolute atomic E-state index is 0.153. The molecule has 2 aliphatic heterocycles. The highest BCUT2D eigenvalue weighted by Crippen LogP contribution is 2.39. The molecule has 14 heteroatoms. The second-order valence-electron chi connectivity index (χ2n) is 15.1. The summed E-state index contributed by atoms with van der Waals surface area (Å²) >= 11 is 0. The van der Waals surface area contributed by atoms with Crippen LogP contribution in [0.25, 0.3) is 11.3 Å². The standard InChI is InChI=1S/C38H49N11O3/c1-38(2,3)33-23-35(49(44-33)27-24-39-47(25-27)18-17-45-19-21-51-22-20-45)41-36(50)40-31-12-13-32(30-10-6-5-9-29(30)31)52-28-11-14-34-42-43-37(48(34)26-28)46-15-7-4-8-16-46/h5-6,9-11,14,23-26,31-32H,4,7-8,12-13,15-22H2,1-3H3,(H2,40,41,50)/t31-,32+/m0/s1. The van der Waals surface area contributed by atoms with Gasteiger partial charge in [-0.2, -0.15) is 10.2 Å². The van der Waals surface area contributed by atoms with Crippen molar-refractivity contribution in [2.24, 2.45) is 0 Å². The van der Waals surface area contributed by atoms with Gasteiger partial charge in [-0.1, -0.05) is 45.0 Å². The molecule has 0 unspecified atom stereocenters. The average molecular weight is 708 g/mol. The van der Waals surface area contributed by atoms with Crippen LogP contribution in [0.4, 0.5) is 16.6 Å². The summed E-state index contributed by atoms with van der Waals surface area (Å²) in [6, 6.07) is 13.6. The van der Waals surface area contributed by atoms with Gasteiger partial charge < -0.3 is 19.7 Å². The number of hydrogen-bond donors (Lipinski definition) is 2. The Morgan fingerprint density at radius 3 is 2.56 bits per heavy atom. The molecule has 0 bridgehead atoms. The Bertz CT molecular complexity index is 2000. The third kappa shape index (κ3) is 7.35. The van der Waals surface area contributed by atoms with Crippen LogP contribution in [0.1, 0.15) is 81.8 Å². The van der Waals surface area contributed by atoms with Gasteiger partial charge in [-0.05, 0) is 55.4 Å². The first-order chi connectivity index (χ1) is 25.3. The summed E-state index contributed by atoms with van der Waals surface area (Å²) in [5.74, 6) is 2.23. The smallest absolute Gasteiger partial charge is 0.320 e. The zero-order valence-electron chi connectivity index (χ0n) is 30.4. The summed E-state index contributed by atoms with van der Waals surface area (Å²) < 4.78 is 17.9.